The average Bonchev–Trinajstić information content (AvgIpc) is 1.31. The molecule has 0 radical (unpaired) electrons. The maximum absolute atomic E-state index is 2.87. The zero-order valence-electron chi connectivity index (χ0n) is 75.8. The third kappa shape index (κ3) is 9.04. The summed E-state index contributed by atoms with van der Waals surface area (Å²) >= 11 is 1.97. The molecule has 0 bridgehead atoms. The minimum atomic E-state index is -0.608. The van der Waals surface area contributed by atoms with Crippen LogP contribution in [0.25, 0.3) is 97.4 Å². The van der Waals surface area contributed by atoms with Gasteiger partial charge in [0.2, 0.25) is 0 Å². The molecule has 0 fully saturated rings. The van der Waals surface area contributed by atoms with Gasteiger partial charge in [-0.2, -0.15) is 0 Å². The quantitative estimate of drug-likeness (QED) is 0.163. The van der Waals surface area contributed by atoms with Gasteiger partial charge in [0.05, 0.1) is 44.0 Å². The van der Waals surface area contributed by atoms with Crippen LogP contribution in [0.4, 0.5) is 56.9 Å². The van der Waals surface area contributed by atoms with Crippen LogP contribution in [-0.4, -0.2) is 13.7 Å². The SMILES string of the molecule is CC1(C)CCC(C)(C)c2cc(N3B4c5cccc6c5N(c5ccccc5C65c6ccccc6-c6ccccc65)c5c4c(cc4cc(CC6(C)CCC(C)(C)c7cc(N8B9c%10cccc%11c%10N(c%10ccccc%10C%11%10c%11ccccc%11-c%11ccccc%11%10)c%10c9c(cc9ccccc%109)-c9cc%10c(cc98)-c8ccccc8C%10(C)C)ccc76)ccc54)-c4ccc5c(sc6ccccc65)c43)ccc21. The molecule has 2 spiro atoms. The van der Waals surface area contributed by atoms with E-state index >= 15 is 0 Å². The molecule has 0 N–H and O–H groups in total. The van der Waals surface area contributed by atoms with Crippen molar-refractivity contribution in [3.63, 3.8) is 0 Å². The van der Waals surface area contributed by atoms with Crippen LogP contribution in [0.2, 0.25) is 0 Å². The van der Waals surface area contributed by atoms with Crippen molar-refractivity contribution in [2.75, 3.05) is 19.4 Å². The minimum Gasteiger partial charge on any atom is -0.376 e. The van der Waals surface area contributed by atoms with E-state index in [0.717, 1.165) is 32.1 Å². The third-order valence-electron chi connectivity index (χ3n) is 34.7. The molecule has 5 aliphatic carbocycles. The summed E-state index contributed by atoms with van der Waals surface area (Å²) in [5.41, 5.74) is 50.1. The van der Waals surface area contributed by atoms with Gasteiger partial charge >= 0.3 is 13.7 Å². The molecule has 0 saturated heterocycles. The van der Waals surface area contributed by atoms with Crippen LogP contribution in [0.1, 0.15) is 171 Å². The van der Waals surface area contributed by atoms with Crippen molar-refractivity contribution < 1.29 is 0 Å². The summed E-state index contributed by atoms with van der Waals surface area (Å²) in [6.45, 7) is 22.2. The highest BCUT2D eigenvalue weighted by atomic mass is 32.1. The summed E-state index contributed by atoms with van der Waals surface area (Å²) in [5.74, 6) is 0. The summed E-state index contributed by atoms with van der Waals surface area (Å²) < 4.78 is 2.66. The monoisotopic (exact) mass is 1700 g/mol. The normalized spacial score (nSPS) is 18.4. The van der Waals surface area contributed by atoms with Gasteiger partial charge in [-0.05, 0) is 281 Å². The van der Waals surface area contributed by atoms with Gasteiger partial charge in [-0.15, -0.1) is 11.3 Å². The topological polar surface area (TPSA) is 13.0 Å². The van der Waals surface area contributed by atoms with Gasteiger partial charge < -0.3 is 19.4 Å². The van der Waals surface area contributed by atoms with Crippen molar-refractivity contribution in [1.82, 2.24) is 0 Å². The number of para-hydroxylation sites is 4. The number of fused-ring (bicyclic) bond motifs is 39. The molecular weight excluding hydrogens is 1610 g/mol. The first-order chi connectivity index (χ1) is 64.3. The van der Waals surface area contributed by atoms with E-state index in [9.17, 15) is 0 Å². The Balaban J connectivity index is 0.634. The number of rotatable bonds is 4. The molecule has 18 aromatic carbocycles. The van der Waals surface area contributed by atoms with Gasteiger partial charge in [0.1, 0.15) is 0 Å². The molecule has 132 heavy (non-hydrogen) atoms. The van der Waals surface area contributed by atoms with E-state index in [1.807, 2.05) is 11.3 Å². The predicted octanol–water partition coefficient (Wildman–Crippen LogP) is 29.4. The molecule has 626 valence electrons. The Morgan fingerprint density at radius 2 is 0.720 bits per heavy atom. The summed E-state index contributed by atoms with van der Waals surface area (Å²) in [6.07, 6.45) is 5.26. The van der Waals surface area contributed by atoms with Gasteiger partial charge in [-0.25, -0.2) is 0 Å². The Morgan fingerprint density at radius 3 is 1.33 bits per heavy atom. The van der Waals surface area contributed by atoms with Crippen LogP contribution in [-0.2, 0) is 44.3 Å². The molecule has 1 unspecified atom stereocenters. The van der Waals surface area contributed by atoms with E-state index in [2.05, 4.69) is 428 Å². The maximum Gasteiger partial charge on any atom is 0.333 e. The molecule has 6 aliphatic heterocycles. The van der Waals surface area contributed by atoms with E-state index in [4.69, 9.17) is 0 Å². The fraction of sp³-hybridized carbons (Fsp3) is 0.168. The molecule has 30 rings (SSSR count). The van der Waals surface area contributed by atoms with Crippen molar-refractivity contribution >= 4 is 145 Å². The average molecular weight is 1710 g/mol. The first-order valence-corrected chi connectivity index (χ1v) is 48.9. The van der Waals surface area contributed by atoms with Gasteiger partial charge in [0, 0.05) is 71.2 Å². The molecular formula is C125H94B2N4S. The van der Waals surface area contributed by atoms with Crippen molar-refractivity contribution in [3.05, 3.63) is 429 Å². The number of anilines is 10. The Hall–Kier alpha value is -14.0. The lowest BCUT2D eigenvalue weighted by Crippen LogP contribution is -2.62. The molecule has 7 heteroatoms. The predicted molar refractivity (Wildman–Crippen MR) is 556 cm³/mol. The lowest BCUT2D eigenvalue weighted by molar-refractivity contribution is 0.310. The second-order valence-electron chi connectivity index (χ2n) is 42.9. The molecule has 1 aromatic heterocycles. The van der Waals surface area contributed by atoms with Crippen molar-refractivity contribution in [2.24, 2.45) is 0 Å². The zero-order chi connectivity index (χ0) is 87.6. The van der Waals surface area contributed by atoms with E-state index in [0.29, 0.717) is 0 Å². The second kappa shape index (κ2) is 25.2. The summed E-state index contributed by atoms with van der Waals surface area (Å²) in [6, 6.07) is 138. The Morgan fingerprint density at radius 1 is 0.265 bits per heavy atom. The molecule has 11 aliphatic rings. The highest BCUT2D eigenvalue weighted by Crippen LogP contribution is 2.69. The first kappa shape index (κ1) is 74.8. The van der Waals surface area contributed by atoms with E-state index in [-0.39, 0.29) is 40.8 Å². The highest BCUT2D eigenvalue weighted by molar-refractivity contribution is 7.26. The standard InChI is InChI=1S/C125H94B2N4S/c1-119(2)60-61-120(3,4)103-68-76(53-58-96(103)119)131-115-85(56-57-86-84-37-17-27-51-110(84)132-118(86)115)89-66-74-64-72(52-55-78(74)114-111(89)127(131)106-48-29-46-101-117(106)129(114)108-50-26-24-44-99(108)125(101)94-41-21-15-34-81(94)82-35-16-22-42-95(82)125)71-123(9)63-62-121(5,6)104-67-75(54-59-97(104)123)130-109-70-87-83-36-12-18-38-91(83)122(7,8)102(87)69-88(109)90-65-73-30-10-11-31-77(73)113-112(90)126(130)105-47-28-45-100-116(105)128(113)107-49-25-23-43-98(107)124(100)92-39-19-13-32-79(92)80-33-14-20-40-93(80)124/h10-59,64-70H,60-63,71H2,1-9H3. The van der Waals surface area contributed by atoms with E-state index in [1.165, 1.54) is 260 Å². The highest BCUT2D eigenvalue weighted by Gasteiger charge is 2.60. The van der Waals surface area contributed by atoms with Crippen LogP contribution in [0, 0.1) is 0 Å². The van der Waals surface area contributed by atoms with Crippen LogP contribution in [0.5, 0.6) is 0 Å². The molecule has 4 nitrogen and oxygen atoms in total. The Labute approximate surface area is 776 Å². The van der Waals surface area contributed by atoms with Crippen LogP contribution < -0.4 is 41.3 Å². The molecule has 0 amide bonds. The smallest absolute Gasteiger partial charge is 0.333 e. The third-order valence-corrected chi connectivity index (χ3v) is 35.9. The summed E-state index contributed by atoms with van der Waals surface area (Å²) in [5, 5.41) is 7.70. The summed E-state index contributed by atoms with van der Waals surface area (Å²) in [7, 11) is 0. The van der Waals surface area contributed by atoms with Crippen LogP contribution in [0.15, 0.2) is 346 Å². The number of hydrogen-bond acceptors (Lipinski definition) is 5. The Kier molecular flexibility index (Phi) is 14.3. The van der Waals surface area contributed by atoms with Gasteiger partial charge in [0.15, 0.2) is 0 Å². The minimum absolute atomic E-state index is 0.0228. The lowest BCUT2D eigenvalue weighted by Gasteiger charge is -2.52. The number of benzene rings is 18. The van der Waals surface area contributed by atoms with Gasteiger partial charge in [-0.1, -0.05) is 341 Å². The number of hydrogen-bond donors (Lipinski definition) is 0. The largest absolute Gasteiger partial charge is 0.376 e. The van der Waals surface area contributed by atoms with Gasteiger partial charge in [-0.3, -0.25) is 0 Å². The number of thiophene rings is 1. The Bertz CT molecular complexity index is 8470. The first-order valence-electron chi connectivity index (χ1n) is 48.1. The van der Waals surface area contributed by atoms with Crippen LogP contribution in [0.3, 0.4) is 0 Å². The second-order valence-corrected chi connectivity index (χ2v) is 44.0. The maximum atomic E-state index is 2.87. The lowest BCUT2D eigenvalue weighted by atomic mass is 9.42. The van der Waals surface area contributed by atoms with Crippen molar-refractivity contribution in [1.29, 1.82) is 0 Å². The van der Waals surface area contributed by atoms with Crippen molar-refractivity contribution in [2.45, 2.75) is 132 Å². The van der Waals surface area contributed by atoms with E-state index in [1.54, 1.807) is 0 Å². The van der Waals surface area contributed by atoms with Crippen LogP contribution >= 0.6 is 11.3 Å². The van der Waals surface area contributed by atoms with Crippen molar-refractivity contribution in [3.8, 4) is 55.6 Å². The molecule has 19 aromatic rings. The molecule has 1 atom stereocenters. The van der Waals surface area contributed by atoms with E-state index < -0.39 is 10.8 Å². The summed E-state index contributed by atoms with van der Waals surface area (Å²) in [4.78, 5) is 11.3. The number of nitrogens with zero attached hydrogens (tertiary/aromatic N) is 4. The molecule has 0 saturated carbocycles. The fourth-order valence-corrected chi connectivity index (χ4v) is 30.0. The zero-order valence-corrected chi connectivity index (χ0v) is 76.6. The molecule has 7 heterocycles. The fourth-order valence-electron chi connectivity index (χ4n) is 28.7. The van der Waals surface area contributed by atoms with Gasteiger partial charge in [0.25, 0.3) is 0 Å².